The Morgan fingerprint density at radius 1 is 1.00 bits per heavy atom. The zero-order valence-electron chi connectivity index (χ0n) is 16.3. The van der Waals surface area contributed by atoms with Gasteiger partial charge in [-0.05, 0) is 43.1 Å². The van der Waals surface area contributed by atoms with Crippen molar-refractivity contribution in [3.05, 3.63) is 66.2 Å². The van der Waals surface area contributed by atoms with Crippen molar-refractivity contribution in [3.63, 3.8) is 0 Å². The molecule has 4 aromatic rings. The molecule has 3 aromatic carbocycles. The van der Waals surface area contributed by atoms with Crippen LogP contribution in [0.5, 0.6) is 0 Å². The number of halogens is 2. The van der Waals surface area contributed by atoms with E-state index >= 15 is 0 Å². The molecule has 0 saturated heterocycles. The second-order valence-corrected chi connectivity index (χ2v) is 6.91. The number of para-hydroxylation sites is 1. The van der Waals surface area contributed by atoms with Crippen LogP contribution in [0.15, 0.2) is 60.7 Å². The number of fused-ring (bicyclic) bond motifs is 2. The van der Waals surface area contributed by atoms with Crippen LogP contribution in [-0.2, 0) is 0 Å². The number of carbonyl (C=O) groups is 1. The lowest BCUT2D eigenvalue weighted by atomic mass is 10.1. The number of amides is 1. The van der Waals surface area contributed by atoms with Gasteiger partial charge in [0.15, 0.2) is 0 Å². The standard InChI is InChI=1S/C22H22N4O.2ClH/c1-26(2)13-12-23-22(27)18-8-5-9-19-20(18)25-21(24-19)17-11-10-15-6-3-4-7-16(15)14-17;;/h3-11,14H,12-13H2,1-2H3,(H,23,27)(H,24,25);2*1H. The predicted octanol–water partition coefficient (Wildman–Crippen LogP) is 4.52. The highest BCUT2D eigenvalue weighted by atomic mass is 35.5. The van der Waals surface area contributed by atoms with Crippen LogP contribution in [0.1, 0.15) is 10.4 Å². The molecule has 0 radical (unpaired) electrons. The number of H-pyrrole nitrogens is 1. The van der Waals surface area contributed by atoms with E-state index in [1.807, 2.05) is 49.3 Å². The Hall–Kier alpha value is -2.60. The molecule has 4 rings (SSSR count). The highest BCUT2D eigenvalue weighted by molar-refractivity contribution is 6.05. The summed E-state index contributed by atoms with van der Waals surface area (Å²) in [6, 6.07) is 20.1. The number of aromatic nitrogens is 2. The van der Waals surface area contributed by atoms with Crippen molar-refractivity contribution in [1.82, 2.24) is 20.2 Å². The van der Waals surface area contributed by atoms with Gasteiger partial charge in [0.05, 0.1) is 11.1 Å². The molecule has 0 unspecified atom stereocenters. The number of likely N-dealkylation sites (N-methyl/N-ethyl adjacent to an activating group) is 1. The Morgan fingerprint density at radius 3 is 2.52 bits per heavy atom. The van der Waals surface area contributed by atoms with Gasteiger partial charge in [-0.1, -0.05) is 42.5 Å². The predicted molar refractivity (Wildman–Crippen MR) is 124 cm³/mol. The Balaban J connectivity index is 0.00000150. The van der Waals surface area contributed by atoms with Crippen LogP contribution >= 0.6 is 24.8 Å². The molecule has 5 nitrogen and oxygen atoms in total. The number of aromatic amines is 1. The summed E-state index contributed by atoms with van der Waals surface area (Å²) in [5.74, 6) is 0.670. The van der Waals surface area contributed by atoms with Gasteiger partial charge in [0.2, 0.25) is 0 Å². The molecule has 1 heterocycles. The van der Waals surface area contributed by atoms with Gasteiger partial charge in [-0.25, -0.2) is 4.98 Å². The van der Waals surface area contributed by atoms with Crippen molar-refractivity contribution in [2.45, 2.75) is 0 Å². The number of nitrogens with one attached hydrogen (secondary N) is 2. The Kier molecular flexibility index (Phi) is 7.62. The van der Waals surface area contributed by atoms with E-state index in [-0.39, 0.29) is 30.7 Å². The fourth-order valence-corrected chi connectivity index (χ4v) is 3.18. The van der Waals surface area contributed by atoms with Crippen LogP contribution in [0.3, 0.4) is 0 Å². The topological polar surface area (TPSA) is 61.0 Å². The first-order valence-corrected chi connectivity index (χ1v) is 9.02. The quantitative estimate of drug-likeness (QED) is 0.489. The normalized spacial score (nSPS) is 10.6. The minimum Gasteiger partial charge on any atom is -0.351 e. The maximum Gasteiger partial charge on any atom is 0.253 e. The van der Waals surface area contributed by atoms with Gasteiger partial charge in [0, 0.05) is 18.7 Å². The smallest absolute Gasteiger partial charge is 0.253 e. The Bertz CT molecular complexity index is 1120. The average Bonchev–Trinajstić information content (AvgIpc) is 3.11. The van der Waals surface area contributed by atoms with E-state index in [4.69, 9.17) is 4.98 Å². The minimum atomic E-state index is -0.0981. The van der Waals surface area contributed by atoms with E-state index in [1.165, 1.54) is 5.39 Å². The van der Waals surface area contributed by atoms with Gasteiger partial charge in [-0.3, -0.25) is 4.79 Å². The molecular formula is C22H24Cl2N4O. The number of rotatable bonds is 5. The third-order valence-corrected chi connectivity index (χ3v) is 4.62. The number of nitrogens with zero attached hydrogens (tertiary/aromatic N) is 2. The lowest BCUT2D eigenvalue weighted by Crippen LogP contribution is -2.31. The molecule has 0 aliphatic rings. The molecule has 0 saturated carbocycles. The van der Waals surface area contributed by atoms with Crippen molar-refractivity contribution >= 4 is 52.5 Å². The van der Waals surface area contributed by atoms with Crippen LogP contribution in [0.25, 0.3) is 33.2 Å². The van der Waals surface area contributed by atoms with Crippen molar-refractivity contribution in [2.75, 3.05) is 27.2 Å². The lowest BCUT2D eigenvalue weighted by molar-refractivity contribution is 0.0952. The minimum absolute atomic E-state index is 0. The third-order valence-electron chi connectivity index (χ3n) is 4.62. The maximum atomic E-state index is 12.6. The summed E-state index contributed by atoms with van der Waals surface area (Å²) >= 11 is 0. The van der Waals surface area contributed by atoms with E-state index in [1.54, 1.807) is 0 Å². The van der Waals surface area contributed by atoms with Crippen LogP contribution in [-0.4, -0.2) is 48.0 Å². The molecule has 152 valence electrons. The largest absolute Gasteiger partial charge is 0.351 e. The van der Waals surface area contributed by atoms with Crippen LogP contribution in [0, 0.1) is 0 Å². The summed E-state index contributed by atoms with van der Waals surface area (Å²) in [6.07, 6.45) is 0. The summed E-state index contributed by atoms with van der Waals surface area (Å²) in [5, 5.41) is 5.32. The van der Waals surface area contributed by atoms with E-state index in [0.717, 1.165) is 28.8 Å². The third kappa shape index (κ3) is 4.88. The summed E-state index contributed by atoms with van der Waals surface area (Å²) in [5.41, 5.74) is 3.15. The summed E-state index contributed by atoms with van der Waals surface area (Å²) in [4.78, 5) is 22.7. The zero-order valence-corrected chi connectivity index (χ0v) is 17.9. The fourth-order valence-electron chi connectivity index (χ4n) is 3.18. The average molecular weight is 431 g/mol. The van der Waals surface area contributed by atoms with Gasteiger partial charge in [-0.15, -0.1) is 24.8 Å². The van der Waals surface area contributed by atoms with Crippen molar-refractivity contribution in [2.24, 2.45) is 0 Å². The highest BCUT2D eigenvalue weighted by Gasteiger charge is 2.14. The molecular weight excluding hydrogens is 407 g/mol. The number of carbonyl (C=O) groups excluding carboxylic acids is 1. The fraction of sp³-hybridized carbons (Fsp3) is 0.182. The second-order valence-electron chi connectivity index (χ2n) is 6.91. The van der Waals surface area contributed by atoms with Crippen molar-refractivity contribution < 1.29 is 4.79 Å². The Labute approximate surface area is 182 Å². The molecule has 0 atom stereocenters. The maximum absolute atomic E-state index is 12.6. The molecule has 0 aliphatic heterocycles. The van der Waals surface area contributed by atoms with E-state index in [2.05, 4.69) is 40.6 Å². The number of hydrogen-bond donors (Lipinski definition) is 2. The summed E-state index contributed by atoms with van der Waals surface area (Å²) in [7, 11) is 3.97. The van der Waals surface area contributed by atoms with Crippen LogP contribution < -0.4 is 5.32 Å². The van der Waals surface area contributed by atoms with Gasteiger partial charge in [-0.2, -0.15) is 0 Å². The molecule has 1 aromatic heterocycles. The number of hydrogen-bond acceptors (Lipinski definition) is 3. The molecule has 0 spiro atoms. The van der Waals surface area contributed by atoms with Crippen molar-refractivity contribution in [3.8, 4) is 11.4 Å². The van der Waals surface area contributed by atoms with Gasteiger partial charge < -0.3 is 15.2 Å². The van der Waals surface area contributed by atoms with E-state index in [0.29, 0.717) is 17.6 Å². The van der Waals surface area contributed by atoms with Gasteiger partial charge in [0.25, 0.3) is 5.91 Å². The SMILES string of the molecule is CN(C)CCNC(=O)c1cccc2[nH]c(-c3ccc4ccccc4c3)nc12.Cl.Cl. The van der Waals surface area contributed by atoms with Crippen LogP contribution in [0.4, 0.5) is 0 Å². The van der Waals surface area contributed by atoms with Gasteiger partial charge in [0.1, 0.15) is 11.3 Å². The first-order valence-electron chi connectivity index (χ1n) is 9.02. The van der Waals surface area contributed by atoms with Crippen LogP contribution in [0.2, 0.25) is 0 Å². The lowest BCUT2D eigenvalue weighted by Gasteiger charge is -2.10. The number of imidazole rings is 1. The van der Waals surface area contributed by atoms with Crippen molar-refractivity contribution in [1.29, 1.82) is 0 Å². The molecule has 0 aliphatic carbocycles. The molecule has 2 N–H and O–H groups in total. The number of benzene rings is 3. The monoisotopic (exact) mass is 430 g/mol. The van der Waals surface area contributed by atoms with E-state index in [9.17, 15) is 4.79 Å². The molecule has 29 heavy (non-hydrogen) atoms. The molecule has 7 heteroatoms. The van der Waals surface area contributed by atoms with Gasteiger partial charge >= 0.3 is 0 Å². The Morgan fingerprint density at radius 2 is 1.76 bits per heavy atom. The van der Waals surface area contributed by atoms with E-state index < -0.39 is 0 Å². The second kappa shape index (κ2) is 9.74. The molecule has 1 amide bonds. The zero-order chi connectivity index (χ0) is 18.8. The first kappa shape index (κ1) is 22.7. The summed E-state index contributed by atoms with van der Waals surface area (Å²) in [6.45, 7) is 1.40. The molecule has 0 bridgehead atoms. The first-order chi connectivity index (χ1) is 13.1. The summed E-state index contributed by atoms with van der Waals surface area (Å²) < 4.78 is 0. The highest BCUT2D eigenvalue weighted by Crippen LogP contribution is 2.26. The molecule has 0 fully saturated rings.